The monoisotopic (exact) mass is 516 g/mol. The molecule has 0 saturated carbocycles. The molecule has 1 aliphatic heterocycles. The first-order valence-corrected chi connectivity index (χ1v) is 12.3. The molecule has 2 aromatic carbocycles. The van der Waals surface area contributed by atoms with Crippen LogP contribution in [0.5, 0.6) is 0 Å². The number of rotatable bonds is 4. The molecule has 4 nitrogen and oxygen atoms in total. The molecule has 6 heteroatoms. The van der Waals surface area contributed by atoms with Crippen LogP contribution >= 0.6 is 27.5 Å². The van der Waals surface area contributed by atoms with Crippen LogP contribution in [0.2, 0.25) is 5.02 Å². The molecule has 3 aromatic rings. The van der Waals surface area contributed by atoms with E-state index in [1.165, 1.54) is 0 Å². The second-order valence-corrected chi connectivity index (χ2v) is 11.0. The van der Waals surface area contributed by atoms with E-state index in [0.29, 0.717) is 32.9 Å². The van der Waals surface area contributed by atoms with Crippen molar-refractivity contribution in [2.45, 2.75) is 53.5 Å². The van der Waals surface area contributed by atoms with Crippen LogP contribution in [0.4, 0.5) is 11.6 Å². The smallest absolute Gasteiger partial charge is 0.202 e. The number of halogens is 2. The van der Waals surface area contributed by atoms with Gasteiger partial charge >= 0.3 is 0 Å². The van der Waals surface area contributed by atoms with Crippen LogP contribution in [0.3, 0.4) is 0 Å². The Morgan fingerprint density at radius 3 is 2.50 bits per heavy atom. The van der Waals surface area contributed by atoms with Gasteiger partial charge in [0.2, 0.25) is 5.88 Å². The molecule has 1 aliphatic rings. The molecule has 0 aliphatic carbocycles. The topological polar surface area (TPSA) is 45.5 Å². The highest BCUT2D eigenvalue weighted by molar-refractivity contribution is 9.10. The van der Waals surface area contributed by atoms with Crippen LogP contribution in [0, 0.1) is 19.3 Å². The van der Waals surface area contributed by atoms with Crippen LogP contribution in [0.15, 0.2) is 44.0 Å². The number of piperidine rings is 1. The Hall–Kier alpha value is -1.98. The SMILES string of the molecule is Cc1cc([C@@H](C)Nc2ccc(Cl)cc2Br)c2oc(N3CCC(C)(C)CC3)c(C)c(=O)c2c1. The molecule has 0 bridgehead atoms. The maximum atomic E-state index is 13.4. The normalized spacial score (nSPS) is 16.9. The van der Waals surface area contributed by atoms with Crippen molar-refractivity contribution in [3.63, 3.8) is 0 Å². The average Bonchev–Trinajstić information content (AvgIpc) is 2.73. The molecule has 0 unspecified atom stereocenters. The van der Waals surface area contributed by atoms with Gasteiger partial charge in [-0.05, 0) is 84.8 Å². The number of nitrogens with one attached hydrogen (secondary N) is 1. The summed E-state index contributed by atoms with van der Waals surface area (Å²) in [5.74, 6) is 0.711. The first-order chi connectivity index (χ1) is 15.1. The lowest BCUT2D eigenvalue weighted by Gasteiger charge is -2.37. The minimum atomic E-state index is -0.0751. The molecule has 1 N–H and O–H groups in total. The van der Waals surface area contributed by atoms with Gasteiger partial charge in [0.05, 0.1) is 17.0 Å². The van der Waals surface area contributed by atoms with E-state index in [1.807, 2.05) is 38.1 Å². The lowest BCUT2D eigenvalue weighted by molar-refractivity contribution is 0.274. The minimum Gasteiger partial charge on any atom is -0.440 e. The fourth-order valence-electron chi connectivity index (χ4n) is 4.41. The highest BCUT2D eigenvalue weighted by atomic mass is 79.9. The predicted molar refractivity (Wildman–Crippen MR) is 138 cm³/mol. The summed E-state index contributed by atoms with van der Waals surface area (Å²) in [6.45, 7) is 12.4. The van der Waals surface area contributed by atoms with E-state index >= 15 is 0 Å². The van der Waals surface area contributed by atoms with Gasteiger partial charge in [0, 0.05) is 33.8 Å². The molecule has 0 spiro atoms. The fourth-order valence-corrected chi connectivity index (χ4v) is 5.21. The molecule has 0 amide bonds. The van der Waals surface area contributed by atoms with E-state index in [9.17, 15) is 4.79 Å². The van der Waals surface area contributed by atoms with Gasteiger partial charge in [0.15, 0.2) is 5.43 Å². The predicted octanol–water partition coefficient (Wildman–Crippen LogP) is 7.63. The van der Waals surface area contributed by atoms with Gasteiger partial charge < -0.3 is 14.6 Å². The lowest BCUT2D eigenvalue weighted by Crippen LogP contribution is -2.38. The van der Waals surface area contributed by atoms with Gasteiger partial charge in [-0.25, -0.2) is 0 Å². The highest BCUT2D eigenvalue weighted by Crippen LogP contribution is 2.36. The van der Waals surface area contributed by atoms with Crippen LogP contribution in [0.1, 0.15) is 56.3 Å². The van der Waals surface area contributed by atoms with Crippen LogP contribution in [-0.4, -0.2) is 13.1 Å². The molecular weight excluding hydrogens is 488 g/mol. The van der Waals surface area contributed by atoms with E-state index in [0.717, 1.165) is 47.2 Å². The van der Waals surface area contributed by atoms with Crippen molar-refractivity contribution in [3.8, 4) is 0 Å². The van der Waals surface area contributed by atoms with E-state index < -0.39 is 0 Å². The summed E-state index contributed by atoms with van der Waals surface area (Å²) in [5, 5.41) is 4.85. The Labute approximate surface area is 203 Å². The third kappa shape index (κ3) is 4.55. The van der Waals surface area contributed by atoms with Crippen molar-refractivity contribution in [1.29, 1.82) is 0 Å². The van der Waals surface area contributed by atoms with Crippen molar-refractivity contribution in [2.75, 3.05) is 23.3 Å². The largest absolute Gasteiger partial charge is 0.440 e. The number of fused-ring (bicyclic) bond motifs is 1. The second kappa shape index (κ2) is 8.75. The first-order valence-electron chi connectivity index (χ1n) is 11.1. The first kappa shape index (κ1) is 23.2. The number of nitrogens with zero attached hydrogens (tertiary/aromatic N) is 1. The number of hydrogen-bond acceptors (Lipinski definition) is 4. The molecule has 1 aromatic heterocycles. The molecule has 4 rings (SSSR count). The fraction of sp³-hybridized carbons (Fsp3) is 0.423. The van der Waals surface area contributed by atoms with Crippen molar-refractivity contribution in [3.05, 3.63) is 66.7 Å². The molecule has 1 fully saturated rings. The zero-order valence-corrected chi connectivity index (χ0v) is 21.7. The van der Waals surface area contributed by atoms with Gasteiger partial charge in [0.25, 0.3) is 0 Å². The number of hydrogen-bond donors (Lipinski definition) is 1. The number of benzene rings is 2. The van der Waals surface area contributed by atoms with Gasteiger partial charge in [-0.2, -0.15) is 0 Å². The van der Waals surface area contributed by atoms with E-state index in [2.05, 4.69) is 53.0 Å². The molecule has 2 heterocycles. The van der Waals surface area contributed by atoms with Crippen LogP contribution in [-0.2, 0) is 0 Å². The maximum Gasteiger partial charge on any atom is 0.202 e. The Kier molecular flexibility index (Phi) is 6.34. The van der Waals surface area contributed by atoms with E-state index in [-0.39, 0.29) is 11.5 Å². The number of anilines is 2. The summed E-state index contributed by atoms with van der Waals surface area (Å²) in [4.78, 5) is 15.6. The standard InChI is InChI=1S/C26H30BrClN2O2/c1-15-12-19(17(3)29-22-7-6-18(28)14-21(22)27)24-20(13-15)23(31)16(2)25(32-24)30-10-8-26(4,5)9-11-30/h6-7,12-14,17,29H,8-11H2,1-5H3/t17-/m1/s1. The van der Waals surface area contributed by atoms with E-state index in [1.54, 1.807) is 0 Å². The highest BCUT2D eigenvalue weighted by Gasteiger charge is 2.28. The molecule has 170 valence electrons. The Morgan fingerprint density at radius 1 is 1.16 bits per heavy atom. The molecule has 0 radical (unpaired) electrons. The van der Waals surface area contributed by atoms with Gasteiger partial charge in [0.1, 0.15) is 5.58 Å². The van der Waals surface area contributed by atoms with Crippen LogP contribution < -0.4 is 15.6 Å². The third-order valence-corrected chi connectivity index (χ3v) is 7.43. The summed E-state index contributed by atoms with van der Waals surface area (Å²) in [5.41, 5.74) is 4.67. The second-order valence-electron chi connectivity index (χ2n) is 9.73. The molecule has 1 atom stereocenters. The third-order valence-electron chi connectivity index (χ3n) is 6.54. The summed E-state index contributed by atoms with van der Waals surface area (Å²) >= 11 is 9.68. The van der Waals surface area contributed by atoms with Gasteiger partial charge in [-0.15, -0.1) is 0 Å². The van der Waals surface area contributed by atoms with Gasteiger partial charge in [-0.1, -0.05) is 31.5 Å². The zero-order valence-electron chi connectivity index (χ0n) is 19.3. The molecular formula is C26H30BrClN2O2. The maximum absolute atomic E-state index is 13.4. The average molecular weight is 518 g/mol. The quantitative estimate of drug-likeness (QED) is 0.386. The lowest BCUT2D eigenvalue weighted by atomic mass is 9.82. The van der Waals surface area contributed by atoms with Crippen molar-refractivity contribution in [2.24, 2.45) is 5.41 Å². The Morgan fingerprint density at radius 2 is 1.84 bits per heavy atom. The summed E-state index contributed by atoms with van der Waals surface area (Å²) < 4.78 is 7.42. The number of aryl methyl sites for hydroxylation is 1. The molecule has 1 saturated heterocycles. The Bertz CT molecular complexity index is 1220. The molecule has 32 heavy (non-hydrogen) atoms. The zero-order chi connectivity index (χ0) is 23.2. The van der Waals surface area contributed by atoms with Crippen molar-refractivity contribution >= 4 is 50.1 Å². The summed E-state index contributed by atoms with van der Waals surface area (Å²) in [6, 6.07) is 9.63. The van der Waals surface area contributed by atoms with Gasteiger partial charge in [-0.3, -0.25) is 4.79 Å². The summed E-state index contributed by atoms with van der Waals surface area (Å²) in [7, 11) is 0. The van der Waals surface area contributed by atoms with E-state index in [4.69, 9.17) is 16.0 Å². The van der Waals surface area contributed by atoms with Crippen molar-refractivity contribution in [1.82, 2.24) is 0 Å². The van der Waals surface area contributed by atoms with Crippen LogP contribution in [0.25, 0.3) is 11.0 Å². The summed E-state index contributed by atoms with van der Waals surface area (Å²) in [6.07, 6.45) is 2.16. The Balaban J connectivity index is 1.78. The van der Waals surface area contributed by atoms with Crippen molar-refractivity contribution < 1.29 is 4.42 Å². The minimum absolute atomic E-state index is 0.0518.